The molecular weight excluding hydrogens is 199 g/mol. The van der Waals surface area contributed by atoms with Gasteiger partial charge in [0.25, 0.3) is 0 Å². The van der Waals surface area contributed by atoms with Crippen LogP contribution in [0.15, 0.2) is 0 Å². The van der Waals surface area contributed by atoms with E-state index in [4.69, 9.17) is 14.9 Å². The number of hydrogen-bond acceptors (Lipinski definition) is 4. The van der Waals surface area contributed by atoms with Crippen LogP contribution < -0.4 is 10.6 Å². The predicted octanol–water partition coefficient (Wildman–Crippen LogP) is -2.18. The van der Waals surface area contributed by atoms with E-state index in [-0.39, 0.29) is 0 Å². The molecule has 0 aliphatic carbocycles. The lowest BCUT2D eigenvalue weighted by atomic mass is 10.3. The number of carbonyl (C=O) groups is 1. The van der Waals surface area contributed by atoms with E-state index in [1.165, 1.54) is 7.05 Å². The van der Waals surface area contributed by atoms with Crippen molar-refractivity contribution in [3.8, 4) is 0 Å². The molecule has 0 aromatic heterocycles. The molecule has 0 aliphatic heterocycles. The fourth-order valence-corrected chi connectivity index (χ4v) is 0.971. The zero-order chi connectivity index (χ0) is 10.5. The minimum absolute atomic E-state index is 0.427. The van der Waals surface area contributed by atoms with E-state index in [9.17, 15) is 9.36 Å². The second-order valence-corrected chi connectivity index (χ2v) is 4.03. The van der Waals surface area contributed by atoms with Crippen LogP contribution in [0.2, 0.25) is 0 Å². The Kier molecular flexibility index (Phi) is 5.12. The molecule has 0 aliphatic rings. The van der Waals surface area contributed by atoms with Crippen LogP contribution in [0.25, 0.3) is 0 Å². The average Bonchev–Trinajstić information content (AvgIpc) is 2.02. The van der Waals surface area contributed by atoms with Gasteiger partial charge in [0.2, 0.25) is 5.91 Å². The summed E-state index contributed by atoms with van der Waals surface area (Å²) in [6.45, 7) is -0.427. The molecule has 13 heavy (non-hydrogen) atoms. The highest BCUT2D eigenvalue weighted by Gasteiger charge is 2.19. The lowest BCUT2D eigenvalue weighted by Gasteiger charge is -2.13. The summed E-state index contributed by atoms with van der Waals surface area (Å²) in [7, 11) is -2.77. The van der Waals surface area contributed by atoms with Crippen LogP contribution in [0.3, 0.4) is 0 Å². The smallest absolute Gasteiger partial charge is 0.344 e. The largest absolute Gasteiger partial charge is 0.394 e. The normalized spacial score (nSPS) is 13.8. The summed E-state index contributed by atoms with van der Waals surface area (Å²) < 4.78 is 10.3. The van der Waals surface area contributed by atoms with Gasteiger partial charge in [-0.15, -0.1) is 0 Å². The van der Waals surface area contributed by atoms with Crippen LogP contribution in [0.5, 0.6) is 0 Å². The first-order chi connectivity index (χ1) is 5.90. The number of aliphatic hydroxyl groups excluding tert-OH is 1. The fourth-order valence-electron chi connectivity index (χ4n) is 0.609. The van der Waals surface area contributed by atoms with Crippen molar-refractivity contribution in [2.45, 2.75) is 6.04 Å². The van der Waals surface area contributed by atoms with Gasteiger partial charge in [-0.05, 0) is 7.05 Å². The maximum Gasteiger partial charge on any atom is 0.344 e. The van der Waals surface area contributed by atoms with Gasteiger partial charge < -0.3 is 25.5 Å². The summed E-state index contributed by atoms with van der Waals surface area (Å²) in [5.41, 5.74) is 0. The molecule has 0 heterocycles. The van der Waals surface area contributed by atoms with E-state index >= 15 is 0 Å². The van der Waals surface area contributed by atoms with Crippen molar-refractivity contribution >= 4 is 13.5 Å². The van der Waals surface area contributed by atoms with Crippen molar-refractivity contribution in [1.82, 2.24) is 10.6 Å². The van der Waals surface area contributed by atoms with Gasteiger partial charge in [0.05, 0.1) is 6.61 Å². The van der Waals surface area contributed by atoms with Crippen LogP contribution in [0, 0.1) is 0 Å². The van der Waals surface area contributed by atoms with E-state index in [1.54, 1.807) is 0 Å². The Hall–Kier alpha value is -0.460. The zero-order valence-electron chi connectivity index (χ0n) is 7.10. The molecule has 0 aromatic rings. The van der Waals surface area contributed by atoms with Gasteiger partial charge in [-0.3, -0.25) is 9.36 Å². The second kappa shape index (κ2) is 5.31. The van der Waals surface area contributed by atoms with Crippen molar-refractivity contribution in [3.05, 3.63) is 0 Å². The number of nitrogens with one attached hydrogen (secondary N) is 2. The number of aliphatic hydroxyl groups is 1. The van der Waals surface area contributed by atoms with Gasteiger partial charge in [0, 0.05) is 0 Å². The molecule has 0 saturated heterocycles. The molecule has 0 aromatic carbocycles. The second-order valence-electron chi connectivity index (χ2n) is 2.39. The Morgan fingerprint density at radius 1 is 1.54 bits per heavy atom. The summed E-state index contributed by atoms with van der Waals surface area (Å²) in [6, 6.07) is -0.841. The Morgan fingerprint density at radius 3 is 2.38 bits per heavy atom. The van der Waals surface area contributed by atoms with E-state index < -0.39 is 32.4 Å². The molecule has 0 bridgehead atoms. The van der Waals surface area contributed by atoms with Gasteiger partial charge in [0.1, 0.15) is 12.3 Å². The van der Waals surface area contributed by atoms with Crippen LogP contribution in [-0.2, 0) is 9.36 Å². The van der Waals surface area contributed by atoms with Crippen molar-refractivity contribution in [3.63, 3.8) is 0 Å². The molecule has 0 fully saturated rings. The topological polar surface area (TPSA) is 119 Å². The molecule has 0 rings (SSSR count). The number of hydrogen-bond donors (Lipinski definition) is 5. The SMILES string of the molecule is CN[C@@H](CO)C(=O)NCP(=O)(O)O. The number of rotatable bonds is 5. The molecule has 7 nitrogen and oxygen atoms in total. The van der Waals surface area contributed by atoms with E-state index in [0.29, 0.717) is 0 Å². The molecule has 5 N–H and O–H groups in total. The number of amides is 1. The number of likely N-dealkylation sites (N-methyl/N-ethyl adjacent to an activating group) is 1. The Labute approximate surface area is 75.3 Å². The number of carbonyl (C=O) groups excluding carboxylic acids is 1. The highest BCUT2D eigenvalue weighted by Crippen LogP contribution is 2.31. The lowest BCUT2D eigenvalue weighted by Crippen LogP contribution is -2.45. The van der Waals surface area contributed by atoms with E-state index in [1.807, 2.05) is 5.32 Å². The molecule has 0 spiro atoms. The third-order valence-electron chi connectivity index (χ3n) is 1.31. The predicted molar refractivity (Wildman–Crippen MR) is 45.0 cm³/mol. The molecule has 0 radical (unpaired) electrons. The highest BCUT2D eigenvalue weighted by atomic mass is 31.2. The minimum atomic E-state index is -4.22. The van der Waals surface area contributed by atoms with Crippen molar-refractivity contribution in [2.75, 3.05) is 19.9 Å². The van der Waals surface area contributed by atoms with Crippen molar-refractivity contribution < 1.29 is 24.3 Å². The lowest BCUT2D eigenvalue weighted by molar-refractivity contribution is -0.123. The van der Waals surface area contributed by atoms with Crippen LogP contribution in [0.1, 0.15) is 0 Å². The molecular formula is C5H13N2O5P. The average molecular weight is 212 g/mol. The molecule has 1 atom stereocenters. The van der Waals surface area contributed by atoms with Crippen molar-refractivity contribution in [1.29, 1.82) is 0 Å². The Balaban J connectivity index is 3.93. The van der Waals surface area contributed by atoms with Gasteiger partial charge in [-0.1, -0.05) is 0 Å². The monoisotopic (exact) mass is 212 g/mol. The summed E-state index contributed by atoms with van der Waals surface area (Å²) in [6.07, 6.45) is -0.718. The minimum Gasteiger partial charge on any atom is -0.394 e. The maximum absolute atomic E-state index is 11.0. The van der Waals surface area contributed by atoms with E-state index in [0.717, 1.165) is 0 Å². The Morgan fingerprint density at radius 2 is 2.08 bits per heavy atom. The fraction of sp³-hybridized carbons (Fsp3) is 0.800. The third kappa shape index (κ3) is 5.73. The van der Waals surface area contributed by atoms with Gasteiger partial charge in [-0.2, -0.15) is 0 Å². The molecule has 8 heteroatoms. The highest BCUT2D eigenvalue weighted by molar-refractivity contribution is 7.51. The van der Waals surface area contributed by atoms with Gasteiger partial charge in [0.15, 0.2) is 0 Å². The van der Waals surface area contributed by atoms with Crippen molar-refractivity contribution in [2.24, 2.45) is 0 Å². The van der Waals surface area contributed by atoms with Crippen LogP contribution in [-0.4, -0.2) is 46.8 Å². The quantitative estimate of drug-likeness (QED) is 0.330. The molecule has 1 amide bonds. The van der Waals surface area contributed by atoms with E-state index in [2.05, 4.69) is 5.32 Å². The first-order valence-corrected chi connectivity index (χ1v) is 5.31. The van der Waals surface area contributed by atoms with Gasteiger partial charge in [-0.25, -0.2) is 0 Å². The third-order valence-corrected chi connectivity index (χ3v) is 1.88. The van der Waals surface area contributed by atoms with Gasteiger partial charge >= 0.3 is 7.60 Å². The zero-order valence-corrected chi connectivity index (χ0v) is 7.99. The summed E-state index contributed by atoms with van der Waals surface area (Å²) in [5.74, 6) is -0.645. The summed E-state index contributed by atoms with van der Waals surface area (Å²) in [5, 5.41) is 13.1. The Bertz CT molecular complexity index is 211. The summed E-state index contributed by atoms with van der Waals surface area (Å²) in [4.78, 5) is 27.8. The van der Waals surface area contributed by atoms with Crippen LogP contribution >= 0.6 is 7.60 Å². The first-order valence-electron chi connectivity index (χ1n) is 3.51. The molecule has 0 unspecified atom stereocenters. The summed E-state index contributed by atoms with van der Waals surface area (Å²) >= 11 is 0. The van der Waals surface area contributed by atoms with Crippen LogP contribution in [0.4, 0.5) is 0 Å². The standard InChI is InChI=1S/C5H13N2O5P/c1-6-4(2-8)5(9)7-3-13(10,11)12/h4,6,8H,2-3H2,1H3,(H,7,9)(H2,10,11,12)/t4-/m0/s1. The maximum atomic E-state index is 11.0. The molecule has 78 valence electrons. The molecule has 0 saturated carbocycles. The first kappa shape index (κ1) is 12.5.